The lowest BCUT2D eigenvalue weighted by atomic mass is 9.92. The summed E-state index contributed by atoms with van der Waals surface area (Å²) >= 11 is 0. The molecule has 0 spiro atoms. The monoisotopic (exact) mass is 1340 g/mol. The molecule has 6 amide bonds. The Bertz CT molecular complexity index is 3000. The van der Waals surface area contributed by atoms with Crippen LogP contribution >= 0.6 is 0 Å². The number of rotatable bonds is 18. The van der Waals surface area contributed by atoms with Crippen LogP contribution < -0.4 is 52.6 Å². The number of nitrogens with zero attached hydrogens (tertiary/aromatic N) is 1. The van der Waals surface area contributed by atoms with Crippen LogP contribution in [0.5, 0.6) is 5.75 Å². The van der Waals surface area contributed by atoms with Gasteiger partial charge in [0, 0.05) is 32.4 Å². The third-order valence-electron chi connectivity index (χ3n) is 16.9. The third kappa shape index (κ3) is 16.5. The van der Waals surface area contributed by atoms with Crippen molar-refractivity contribution >= 4 is 53.3 Å². The van der Waals surface area contributed by atoms with Crippen molar-refractivity contribution in [3.63, 3.8) is 0 Å². The minimum Gasteiger partial charge on any atom is -0.463 e. The van der Waals surface area contributed by atoms with E-state index in [4.69, 9.17) is 39.2 Å². The molecule has 38 nitrogen and oxygen atoms in total. The molecule has 0 aliphatic carbocycles. The van der Waals surface area contributed by atoms with E-state index in [-0.39, 0.29) is 23.8 Å². The Morgan fingerprint density at radius 1 is 0.596 bits per heavy atom. The Labute approximate surface area is 534 Å². The standard InChI is InChI=1S/C56H80N12O26/c1-20(23-6-4-3-5-7-23)33-49(86)62-25(12-22-8-10-24(11-9-22)90-53-45(83)42(80)46(30(18-71)92-53)94-54-44(82)41(79)39(77)31(93-54)19-89-21(2)72)48(85)66-34(36(74)26-13-60-55(57)64-26)51(88)67-35(50(87)63-27(16-69)47(84)59-15-32(73)65-33)37(75)28-14-61-56(58)68(28)52-43(81)40(78)38(76)29(17-70)91-52/h3-11,20,25-31,33-46,52-54,69-71,74-83H,12-19H2,1-2H3,(H2,58,61)(H,59,84)(H,62,86)(H,63,87)(H,65,73)(H,66,85)(H,67,88)(H3,57,60,64). The van der Waals surface area contributed by atoms with Gasteiger partial charge in [0.15, 0.2) is 24.4 Å². The van der Waals surface area contributed by atoms with Crippen LogP contribution in [-0.4, -0.2) is 317 Å². The van der Waals surface area contributed by atoms with Crippen LogP contribution in [0.4, 0.5) is 0 Å². The van der Waals surface area contributed by atoms with Gasteiger partial charge >= 0.3 is 5.97 Å². The number of esters is 1. The molecule has 6 fully saturated rings. The first kappa shape index (κ1) is 72.2. The maximum absolute atomic E-state index is 15.1. The number of amides is 6. The maximum Gasteiger partial charge on any atom is 0.302 e. The first-order chi connectivity index (χ1) is 44.7. The highest BCUT2D eigenvalue weighted by Crippen LogP contribution is 2.32. The molecule has 6 saturated heterocycles. The summed E-state index contributed by atoms with van der Waals surface area (Å²) in [6.45, 7) is -2.63. The highest BCUT2D eigenvalue weighted by atomic mass is 16.7. The molecule has 0 radical (unpaired) electrons. The first-order valence-electron chi connectivity index (χ1n) is 29.8. The molecule has 6 aliphatic heterocycles. The van der Waals surface area contributed by atoms with Crippen molar-refractivity contribution in [1.82, 2.24) is 52.8 Å². The van der Waals surface area contributed by atoms with Gasteiger partial charge in [-0.2, -0.15) is 0 Å². The maximum atomic E-state index is 15.1. The van der Waals surface area contributed by atoms with E-state index in [2.05, 4.69) is 47.9 Å². The van der Waals surface area contributed by atoms with Crippen molar-refractivity contribution in [2.75, 3.05) is 46.1 Å². The number of aliphatic hydroxyl groups excluding tert-OH is 13. The number of aliphatic hydroxyl groups is 13. The number of carbonyl (C=O) groups excluding carboxylic acids is 7. The minimum absolute atomic E-state index is 0.0898. The lowest BCUT2D eigenvalue weighted by molar-refractivity contribution is -0.352. The van der Waals surface area contributed by atoms with Crippen LogP contribution in [0.1, 0.15) is 30.9 Å². The average Bonchev–Trinajstić information content (AvgIpc) is 1.42. The predicted molar refractivity (Wildman–Crippen MR) is 311 cm³/mol. The topological polar surface area (TPSA) is 597 Å². The van der Waals surface area contributed by atoms with E-state index in [0.29, 0.717) is 5.56 Å². The van der Waals surface area contributed by atoms with Crippen molar-refractivity contribution < 1.29 is 128 Å². The van der Waals surface area contributed by atoms with Crippen molar-refractivity contribution in [3.05, 3.63) is 65.7 Å². The van der Waals surface area contributed by atoms with Crippen LogP contribution in [-0.2, 0) is 63.7 Å². The molecule has 0 bridgehead atoms. The summed E-state index contributed by atoms with van der Waals surface area (Å²) in [7, 11) is 0. The molecular formula is C56H80N12O26. The highest BCUT2D eigenvalue weighted by molar-refractivity contribution is 5.98. The molecule has 8 rings (SSSR count). The summed E-state index contributed by atoms with van der Waals surface area (Å²) in [6, 6.07) is 0.626. The van der Waals surface area contributed by atoms with Crippen molar-refractivity contribution in [2.45, 2.75) is 173 Å². The van der Waals surface area contributed by atoms with Gasteiger partial charge in [0.05, 0.1) is 38.4 Å². The quantitative estimate of drug-likeness (QED) is 0.0616. The molecule has 38 heteroatoms. The van der Waals surface area contributed by atoms with Crippen molar-refractivity contribution in [3.8, 4) is 5.75 Å². The summed E-state index contributed by atoms with van der Waals surface area (Å²) in [5.74, 6) is -10.1. The molecule has 25 unspecified atom stereocenters. The summed E-state index contributed by atoms with van der Waals surface area (Å²) in [5.41, 5.74) is 0.688. The summed E-state index contributed by atoms with van der Waals surface area (Å²) < 4.78 is 33.4. The molecule has 6 heterocycles. The van der Waals surface area contributed by atoms with E-state index in [1.165, 1.54) is 24.3 Å². The van der Waals surface area contributed by atoms with E-state index in [0.717, 1.165) is 11.8 Å². The Morgan fingerprint density at radius 2 is 1.19 bits per heavy atom. The molecule has 24 N–H and O–H groups in total. The zero-order valence-electron chi connectivity index (χ0n) is 50.4. The van der Waals surface area contributed by atoms with Crippen LogP contribution in [0, 0.1) is 10.8 Å². The number of benzene rings is 2. The van der Waals surface area contributed by atoms with E-state index >= 15 is 9.59 Å². The van der Waals surface area contributed by atoms with E-state index in [9.17, 15) is 90.4 Å². The molecular weight excluding hydrogens is 1260 g/mol. The first-order valence-corrected chi connectivity index (χ1v) is 29.8. The van der Waals surface area contributed by atoms with Gasteiger partial charge in [-0.25, -0.2) is 0 Å². The average molecular weight is 1340 g/mol. The molecule has 94 heavy (non-hydrogen) atoms. The van der Waals surface area contributed by atoms with Crippen molar-refractivity contribution in [1.29, 1.82) is 10.8 Å². The van der Waals surface area contributed by atoms with Gasteiger partial charge < -0.3 is 148 Å². The number of ether oxygens (including phenoxy) is 6. The Balaban J connectivity index is 1.10. The van der Waals surface area contributed by atoms with E-state index < -0.39 is 246 Å². The minimum atomic E-state index is -2.37. The predicted octanol–water partition coefficient (Wildman–Crippen LogP) is -12.6. The number of guanidine groups is 2. The molecule has 2 aromatic rings. The molecule has 0 saturated carbocycles. The molecule has 0 aromatic heterocycles. The zero-order valence-corrected chi connectivity index (χ0v) is 50.4. The van der Waals surface area contributed by atoms with Gasteiger partial charge in [-0.05, 0) is 23.3 Å². The number of hydrogen-bond acceptors (Lipinski definition) is 28. The smallest absolute Gasteiger partial charge is 0.302 e. The Kier molecular flexibility index (Phi) is 24.4. The van der Waals surface area contributed by atoms with Crippen LogP contribution in [0.2, 0.25) is 0 Å². The largest absolute Gasteiger partial charge is 0.463 e. The molecule has 25 atom stereocenters. The van der Waals surface area contributed by atoms with Gasteiger partial charge in [-0.1, -0.05) is 49.4 Å². The van der Waals surface area contributed by atoms with Gasteiger partial charge in [0.25, 0.3) is 0 Å². The Morgan fingerprint density at radius 3 is 1.83 bits per heavy atom. The van der Waals surface area contributed by atoms with Crippen LogP contribution in [0.3, 0.4) is 0 Å². The van der Waals surface area contributed by atoms with Gasteiger partial charge in [-0.15, -0.1) is 0 Å². The number of carbonyl (C=O) groups is 7. The number of nitrogens with one attached hydrogen (secondary N) is 11. The third-order valence-corrected chi connectivity index (χ3v) is 16.9. The SMILES string of the molecule is CC(=O)OCC1OC(OC2C(CO)OC(Oc3ccc(CC4NC(=O)C(C(C)c5ccccc5)NC(=O)CNC(=O)C(CO)NC(=O)C(C(O)C5CNC(=N)N5C5OC(CO)C(O)C(O)C5O)NC(=O)C(C(O)C5CNC(=N)N5)NC4=O)cc3)C(O)C2O)C(O)C(O)C1O. The van der Waals surface area contributed by atoms with E-state index in [1.807, 2.05) is 0 Å². The second-order valence-corrected chi connectivity index (χ2v) is 23.2. The lowest BCUT2D eigenvalue weighted by Crippen LogP contribution is -2.69. The van der Waals surface area contributed by atoms with Gasteiger partial charge in [0.2, 0.25) is 41.7 Å². The fraction of sp³-hybridized carbons (Fsp3) is 0.625. The van der Waals surface area contributed by atoms with E-state index in [1.54, 1.807) is 37.3 Å². The fourth-order valence-corrected chi connectivity index (χ4v) is 11.5. The summed E-state index contributed by atoms with van der Waals surface area (Å²) in [4.78, 5) is 99.4. The molecule has 6 aliphatic rings. The Hall–Kier alpha value is -7.61. The second-order valence-electron chi connectivity index (χ2n) is 23.2. The summed E-state index contributed by atoms with van der Waals surface area (Å²) in [6.07, 6.45) is -32.2. The molecule has 520 valence electrons. The lowest BCUT2D eigenvalue weighted by Gasteiger charge is -2.46. The second kappa shape index (κ2) is 31.8. The summed E-state index contributed by atoms with van der Waals surface area (Å²) in [5, 5.41) is 181. The highest BCUT2D eigenvalue weighted by Gasteiger charge is 2.54. The van der Waals surface area contributed by atoms with Crippen LogP contribution in [0.15, 0.2) is 54.6 Å². The normalized spacial score (nSPS) is 36.6. The van der Waals surface area contributed by atoms with Crippen LogP contribution in [0.25, 0.3) is 0 Å². The number of hydrogen-bond donors (Lipinski definition) is 24. The zero-order chi connectivity index (χ0) is 68.6. The molecule has 2 aromatic carbocycles. The van der Waals surface area contributed by atoms with Gasteiger partial charge in [-0.3, -0.25) is 44.4 Å². The van der Waals surface area contributed by atoms with Gasteiger partial charge in [0.1, 0.15) is 128 Å². The van der Waals surface area contributed by atoms with Crippen molar-refractivity contribution in [2.24, 2.45) is 0 Å². The fourth-order valence-electron chi connectivity index (χ4n) is 11.5.